The summed E-state index contributed by atoms with van der Waals surface area (Å²) in [7, 11) is 0. The largest absolute Gasteiger partial charge is 0.479 e. The van der Waals surface area contributed by atoms with Crippen LogP contribution in [0.1, 0.15) is 11.5 Å². The van der Waals surface area contributed by atoms with Gasteiger partial charge in [-0.25, -0.2) is 4.98 Å². The average Bonchev–Trinajstić information content (AvgIpc) is 2.95. The van der Waals surface area contributed by atoms with Gasteiger partial charge in [-0.1, -0.05) is 23.9 Å². The maximum Gasteiger partial charge on any atom is 0.253 e. The molecule has 0 aliphatic heterocycles. The number of benzene rings is 1. The van der Waals surface area contributed by atoms with Gasteiger partial charge in [-0.3, -0.25) is 4.57 Å². The second-order valence-electron chi connectivity index (χ2n) is 5.15. The summed E-state index contributed by atoms with van der Waals surface area (Å²) in [6.45, 7) is 6.85. The number of aromatic nitrogens is 4. The fourth-order valence-corrected chi connectivity index (χ4v) is 2.95. The summed E-state index contributed by atoms with van der Waals surface area (Å²) in [5, 5.41) is 10.4. The molecule has 0 amide bonds. The highest BCUT2D eigenvalue weighted by Crippen LogP contribution is 2.23. The van der Waals surface area contributed by atoms with Crippen LogP contribution in [0.4, 0.5) is 0 Å². The number of nitrogens with zero attached hydrogens (tertiary/aromatic N) is 3. The summed E-state index contributed by atoms with van der Waals surface area (Å²) in [6.07, 6.45) is 3.82. The smallest absolute Gasteiger partial charge is 0.253 e. The normalized spacial score (nSPS) is 10.9. The van der Waals surface area contributed by atoms with E-state index in [-0.39, 0.29) is 0 Å². The lowest BCUT2D eigenvalue weighted by Gasteiger charge is -2.08. The number of allylic oxidation sites excluding steroid dienone is 1. The Morgan fingerprint density at radius 3 is 2.96 bits per heavy atom. The lowest BCUT2D eigenvalue weighted by atomic mass is 10.2. The van der Waals surface area contributed by atoms with Gasteiger partial charge >= 0.3 is 0 Å². The molecule has 1 aromatic carbocycles. The number of thioether (sulfide) groups is 1. The topological polar surface area (TPSA) is 54.1 Å². The highest BCUT2D eigenvalue weighted by molar-refractivity contribution is 7.98. The number of hydrogen-bond donors (Lipinski definition) is 0. The van der Waals surface area contributed by atoms with Crippen molar-refractivity contribution in [2.75, 3.05) is 6.26 Å². The van der Waals surface area contributed by atoms with Gasteiger partial charge in [-0.15, -0.1) is 16.8 Å². The molecule has 0 saturated carbocycles. The number of para-hydroxylation sites is 1. The molecule has 6 heteroatoms. The van der Waals surface area contributed by atoms with Crippen molar-refractivity contribution in [1.29, 1.82) is 0 Å². The molecule has 0 spiro atoms. The third-order valence-electron chi connectivity index (χ3n) is 3.54. The number of rotatable bonds is 6. The maximum atomic E-state index is 6.01. The molecular weight excluding hydrogens is 308 g/mol. The summed E-state index contributed by atoms with van der Waals surface area (Å²) in [4.78, 5) is 3.36. The Labute approximate surface area is 139 Å². The first-order valence-corrected chi connectivity index (χ1v) is 8.57. The molecule has 3 rings (SSSR count). The Balaban J connectivity index is 1.88. The second-order valence-corrected chi connectivity index (χ2v) is 5.93. The number of hydrogen-bond acceptors (Lipinski definition) is 4. The molecule has 118 valence electrons. The zero-order valence-electron chi connectivity index (χ0n) is 13.2. The van der Waals surface area contributed by atoms with Gasteiger partial charge in [0.2, 0.25) is 0 Å². The van der Waals surface area contributed by atoms with E-state index in [4.69, 9.17) is 4.74 Å². The van der Waals surface area contributed by atoms with Crippen LogP contribution < -0.4 is 9.72 Å². The summed E-state index contributed by atoms with van der Waals surface area (Å²) in [5.74, 6) is 1.60. The van der Waals surface area contributed by atoms with E-state index in [0.717, 1.165) is 33.3 Å². The Morgan fingerprint density at radius 2 is 2.17 bits per heavy atom. The SMILES string of the molecule is C=CCn1c(COc2cccc3ccc(C)[nH+]c23)nnc1SC. The summed E-state index contributed by atoms with van der Waals surface area (Å²) < 4.78 is 8.02. The van der Waals surface area contributed by atoms with E-state index in [1.807, 2.05) is 36.0 Å². The third-order valence-corrected chi connectivity index (χ3v) is 4.21. The fraction of sp³-hybridized carbons (Fsp3) is 0.235. The zero-order chi connectivity index (χ0) is 16.2. The molecule has 0 aliphatic carbocycles. The van der Waals surface area contributed by atoms with Crippen molar-refractivity contribution < 1.29 is 9.72 Å². The Bertz CT molecular complexity index is 844. The first kappa shape index (κ1) is 15.6. The first-order valence-electron chi connectivity index (χ1n) is 7.34. The maximum absolute atomic E-state index is 6.01. The monoisotopic (exact) mass is 327 g/mol. The predicted octanol–water partition coefficient (Wildman–Crippen LogP) is 3.04. The van der Waals surface area contributed by atoms with E-state index in [2.05, 4.69) is 40.0 Å². The van der Waals surface area contributed by atoms with Gasteiger partial charge in [0.15, 0.2) is 22.4 Å². The molecule has 0 saturated heterocycles. The van der Waals surface area contributed by atoms with Crippen LogP contribution in [0.2, 0.25) is 0 Å². The van der Waals surface area contributed by atoms with Gasteiger partial charge in [0.1, 0.15) is 6.61 Å². The minimum Gasteiger partial charge on any atom is -0.479 e. The van der Waals surface area contributed by atoms with Crippen molar-refractivity contribution in [2.45, 2.75) is 25.2 Å². The standard InChI is InChI=1S/C17H18N4OS/c1-4-10-21-15(19-20-17(21)23-3)11-22-14-7-5-6-13-9-8-12(2)18-16(13)14/h4-9H,1,10-11H2,2-3H3/p+1. The fourth-order valence-electron chi connectivity index (χ4n) is 2.43. The van der Waals surface area contributed by atoms with Gasteiger partial charge in [-0.2, -0.15) is 0 Å². The highest BCUT2D eigenvalue weighted by Gasteiger charge is 2.14. The van der Waals surface area contributed by atoms with Crippen molar-refractivity contribution in [3.63, 3.8) is 0 Å². The molecule has 1 N–H and O–H groups in total. The van der Waals surface area contributed by atoms with E-state index in [1.54, 1.807) is 11.8 Å². The molecule has 0 bridgehead atoms. The van der Waals surface area contributed by atoms with Crippen LogP contribution in [-0.2, 0) is 13.2 Å². The van der Waals surface area contributed by atoms with Crippen LogP contribution in [0.5, 0.6) is 5.75 Å². The van der Waals surface area contributed by atoms with Crippen LogP contribution in [0.25, 0.3) is 10.9 Å². The van der Waals surface area contributed by atoms with E-state index < -0.39 is 0 Å². The Morgan fingerprint density at radius 1 is 1.30 bits per heavy atom. The summed E-state index contributed by atoms with van der Waals surface area (Å²) >= 11 is 1.56. The van der Waals surface area contributed by atoms with E-state index >= 15 is 0 Å². The number of H-pyrrole nitrogens is 1. The van der Waals surface area contributed by atoms with Crippen molar-refractivity contribution in [1.82, 2.24) is 14.8 Å². The first-order chi connectivity index (χ1) is 11.2. The molecule has 0 aliphatic rings. The van der Waals surface area contributed by atoms with Gasteiger partial charge < -0.3 is 4.74 Å². The van der Waals surface area contributed by atoms with Crippen LogP contribution in [-0.4, -0.2) is 21.0 Å². The average molecular weight is 327 g/mol. The number of pyridine rings is 1. The zero-order valence-corrected chi connectivity index (χ0v) is 14.1. The van der Waals surface area contributed by atoms with Crippen molar-refractivity contribution >= 4 is 22.7 Å². The Kier molecular flexibility index (Phi) is 4.62. The molecule has 2 aromatic heterocycles. The predicted molar refractivity (Wildman–Crippen MR) is 91.6 cm³/mol. The highest BCUT2D eigenvalue weighted by atomic mass is 32.2. The molecule has 23 heavy (non-hydrogen) atoms. The van der Waals surface area contributed by atoms with Crippen LogP contribution in [0, 0.1) is 6.92 Å². The summed E-state index contributed by atoms with van der Waals surface area (Å²) in [6, 6.07) is 10.1. The number of aryl methyl sites for hydroxylation is 1. The molecule has 0 atom stereocenters. The van der Waals surface area contributed by atoms with Gasteiger partial charge in [0.05, 0.1) is 5.39 Å². The van der Waals surface area contributed by atoms with Gasteiger partial charge in [0.25, 0.3) is 5.52 Å². The molecule has 2 heterocycles. The molecular formula is C17H19N4OS+. The van der Waals surface area contributed by atoms with E-state index in [1.165, 1.54) is 0 Å². The third kappa shape index (κ3) is 3.22. The minimum atomic E-state index is 0.363. The molecule has 3 aromatic rings. The number of fused-ring (bicyclic) bond motifs is 1. The molecule has 0 unspecified atom stereocenters. The second kappa shape index (κ2) is 6.83. The van der Waals surface area contributed by atoms with Crippen LogP contribution >= 0.6 is 11.8 Å². The summed E-state index contributed by atoms with van der Waals surface area (Å²) in [5.41, 5.74) is 2.08. The van der Waals surface area contributed by atoms with Gasteiger partial charge in [-0.05, 0) is 24.5 Å². The lowest BCUT2D eigenvalue weighted by molar-refractivity contribution is -0.355. The quantitative estimate of drug-likeness (QED) is 0.516. The van der Waals surface area contributed by atoms with E-state index in [9.17, 15) is 0 Å². The number of aromatic amines is 1. The van der Waals surface area contributed by atoms with Crippen molar-refractivity contribution in [2.24, 2.45) is 0 Å². The minimum absolute atomic E-state index is 0.363. The molecule has 5 nitrogen and oxygen atoms in total. The number of ether oxygens (including phenoxy) is 1. The number of nitrogens with one attached hydrogen (secondary N) is 1. The van der Waals surface area contributed by atoms with E-state index in [0.29, 0.717) is 13.2 Å². The molecule has 0 radical (unpaired) electrons. The van der Waals surface area contributed by atoms with Gasteiger partial charge in [0, 0.05) is 19.5 Å². The van der Waals surface area contributed by atoms with Crippen LogP contribution in [0.3, 0.4) is 0 Å². The molecule has 0 fully saturated rings. The van der Waals surface area contributed by atoms with Crippen molar-refractivity contribution in [3.8, 4) is 5.75 Å². The Hall–Kier alpha value is -2.34. The van der Waals surface area contributed by atoms with Crippen molar-refractivity contribution in [3.05, 3.63) is 54.5 Å². The van der Waals surface area contributed by atoms with Crippen LogP contribution in [0.15, 0.2) is 48.1 Å². The lowest BCUT2D eigenvalue weighted by Crippen LogP contribution is -2.11.